The highest BCUT2D eigenvalue weighted by Crippen LogP contribution is 2.18. The zero-order chi connectivity index (χ0) is 44.0. The van der Waals surface area contributed by atoms with Crippen molar-refractivity contribution >= 4 is 17.9 Å². The van der Waals surface area contributed by atoms with Crippen LogP contribution in [0.4, 0.5) is 0 Å². The van der Waals surface area contributed by atoms with Crippen LogP contribution in [0.1, 0.15) is 298 Å². The number of hydrogen-bond acceptors (Lipinski definition) is 6. The van der Waals surface area contributed by atoms with Crippen molar-refractivity contribution in [3.05, 3.63) is 0 Å². The molecule has 0 aromatic carbocycles. The van der Waals surface area contributed by atoms with E-state index >= 15 is 0 Å². The van der Waals surface area contributed by atoms with Crippen LogP contribution < -0.4 is 0 Å². The summed E-state index contributed by atoms with van der Waals surface area (Å²) in [5.74, 6) is 0.829. The molecule has 0 aromatic rings. The van der Waals surface area contributed by atoms with Crippen molar-refractivity contribution in [2.75, 3.05) is 13.2 Å². The van der Waals surface area contributed by atoms with Crippen LogP contribution in [0, 0.1) is 11.8 Å². The first-order valence-corrected chi connectivity index (χ1v) is 26.8. The second-order valence-electron chi connectivity index (χ2n) is 19.0. The standard InChI is InChI=1S/C54H104O6/c1-6-9-10-11-12-13-14-15-16-17-18-19-20-21-25-28-34-39-44-52(55)58-47-51(60-54(57)46-41-36-31-30-33-38-43-50(5)8-3)48-59-53(56)45-40-35-29-26-23-22-24-27-32-37-42-49(4)7-2/h49-51H,6-48H2,1-5H3/t49?,50?,51-/m0/s1. The first-order valence-electron chi connectivity index (χ1n) is 26.8. The predicted octanol–water partition coefficient (Wildman–Crippen LogP) is 17.3. The first-order chi connectivity index (χ1) is 29.3. The van der Waals surface area contributed by atoms with Crippen LogP contribution in [0.25, 0.3) is 0 Å². The Morgan fingerprint density at radius 3 is 0.867 bits per heavy atom. The average molecular weight is 849 g/mol. The van der Waals surface area contributed by atoms with Gasteiger partial charge in [0.25, 0.3) is 0 Å². The largest absolute Gasteiger partial charge is 0.462 e. The van der Waals surface area contributed by atoms with Crippen molar-refractivity contribution < 1.29 is 28.6 Å². The zero-order valence-electron chi connectivity index (χ0n) is 41.1. The number of ether oxygens (including phenoxy) is 3. The first kappa shape index (κ1) is 58.4. The van der Waals surface area contributed by atoms with Gasteiger partial charge in [-0.2, -0.15) is 0 Å². The Balaban J connectivity index is 4.25. The Kier molecular flexibility index (Phi) is 45.7. The molecule has 0 aromatic heterocycles. The van der Waals surface area contributed by atoms with Crippen molar-refractivity contribution in [3.8, 4) is 0 Å². The van der Waals surface area contributed by atoms with Crippen LogP contribution >= 0.6 is 0 Å². The summed E-state index contributed by atoms with van der Waals surface area (Å²) in [6.45, 7) is 11.4. The summed E-state index contributed by atoms with van der Waals surface area (Å²) in [7, 11) is 0. The molecule has 0 fully saturated rings. The van der Waals surface area contributed by atoms with Crippen molar-refractivity contribution in [1.29, 1.82) is 0 Å². The van der Waals surface area contributed by atoms with Crippen LogP contribution in [-0.4, -0.2) is 37.2 Å². The van der Waals surface area contributed by atoms with Gasteiger partial charge in [-0.3, -0.25) is 14.4 Å². The summed E-state index contributed by atoms with van der Waals surface area (Å²) in [4.78, 5) is 38.0. The number of carbonyl (C=O) groups is 3. The number of rotatable bonds is 48. The fourth-order valence-corrected chi connectivity index (χ4v) is 8.10. The zero-order valence-corrected chi connectivity index (χ0v) is 41.1. The van der Waals surface area contributed by atoms with Gasteiger partial charge >= 0.3 is 17.9 Å². The minimum absolute atomic E-state index is 0.0645. The monoisotopic (exact) mass is 849 g/mol. The summed E-state index contributed by atoms with van der Waals surface area (Å²) in [6.07, 6.45) is 48.0. The number of esters is 3. The van der Waals surface area contributed by atoms with E-state index in [-0.39, 0.29) is 31.1 Å². The summed E-state index contributed by atoms with van der Waals surface area (Å²) >= 11 is 0. The lowest BCUT2D eigenvalue weighted by Gasteiger charge is -2.18. The van der Waals surface area contributed by atoms with E-state index < -0.39 is 6.10 Å². The molecule has 0 saturated carbocycles. The van der Waals surface area contributed by atoms with Gasteiger partial charge in [-0.15, -0.1) is 0 Å². The maximum atomic E-state index is 12.8. The third-order valence-electron chi connectivity index (χ3n) is 12.9. The van der Waals surface area contributed by atoms with E-state index in [0.717, 1.165) is 69.6 Å². The van der Waals surface area contributed by atoms with Gasteiger partial charge in [0.1, 0.15) is 13.2 Å². The topological polar surface area (TPSA) is 78.9 Å². The maximum absolute atomic E-state index is 12.8. The summed E-state index contributed by atoms with van der Waals surface area (Å²) in [6, 6.07) is 0. The molecule has 2 unspecified atom stereocenters. The highest BCUT2D eigenvalue weighted by molar-refractivity contribution is 5.71. The van der Waals surface area contributed by atoms with E-state index in [1.54, 1.807) is 0 Å². The minimum atomic E-state index is -0.763. The van der Waals surface area contributed by atoms with Gasteiger partial charge < -0.3 is 14.2 Å². The van der Waals surface area contributed by atoms with Gasteiger partial charge in [0, 0.05) is 19.3 Å². The van der Waals surface area contributed by atoms with Gasteiger partial charge in [0.15, 0.2) is 6.10 Å². The quantitative estimate of drug-likeness (QED) is 0.0345. The average Bonchev–Trinajstić information content (AvgIpc) is 3.25. The van der Waals surface area contributed by atoms with Gasteiger partial charge in [-0.25, -0.2) is 0 Å². The Morgan fingerprint density at radius 1 is 0.333 bits per heavy atom. The van der Waals surface area contributed by atoms with E-state index in [1.807, 2.05) is 0 Å². The molecule has 0 amide bonds. The van der Waals surface area contributed by atoms with Gasteiger partial charge in [0.05, 0.1) is 0 Å². The van der Waals surface area contributed by atoms with Crippen LogP contribution in [-0.2, 0) is 28.6 Å². The lowest BCUT2D eigenvalue weighted by molar-refractivity contribution is -0.167. The van der Waals surface area contributed by atoms with E-state index in [1.165, 1.54) is 186 Å². The smallest absolute Gasteiger partial charge is 0.306 e. The van der Waals surface area contributed by atoms with Crippen molar-refractivity contribution in [1.82, 2.24) is 0 Å². The van der Waals surface area contributed by atoms with E-state index in [4.69, 9.17) is 14.2 Å². The molecule has 60 heavy (non-hydrogen) atoms. The number of hydrogen-bond donors (Lipinski definition) is 0. The van der Waals surface area contributed by atoms with Gasteiger partial charge in [0.2, 0.25) is 0 Å². The fourth-order valence-electron chi connectivity index (χ4n) is 8.10. The molecule has 0 aliphatic carbocycles. The minimum Gasteiger partial charge on any atom is -0.462 e. The van der Waals surface area contributed by atoms with Crippen LogP contribution in [0.2, 0.25) is 0 Å². The lowest BCUT2D eigenvalue weighted by Crippen LogP contribution is -2.30. The summed E-state index contributed by atoms with van der Waals surface area (Å²) in [5, 5.41) is 0. The van der Waals surface area contributed by atoms with E-state index in [9.17, 15) is 14.4 Å². The molecule has 0 aliphatic rings. The molecule has 3 atom stereocenters. The highest BCUT2D eigenvalue weighted by atomic mass is 16.6. The summed E-state index contributed by atoms with van der Waals surface area (Å²) < 4.78 is 16.8. The molecule has 0 bridgehead atoms. The molecule has 0 spiro atoms. The van der Waals surface area contributed by atoms with E-state index in [2.05, 4.69) is 34.6 Å². The van der Waals surface area contributed by atoms with Crippen molar-refractivity contribution in [2.45, 2.75) is 304 Å². The molecule has 6 heteroatoms. The predicted molar refractivity (Wildman–Crippen MR) is 256 cm³/mol. The van der Waals surface area contributed by atoms with Gasteiger partial charge in [-0.05, 0) is 31.1 Å². The molecule has 0 radical (unpaired) electrons. The number of carbonyl (C=O) groups excluding carboxylic acids is 3. The molecular formula is C54H104O6. The molecule has 356 valence electrons. The third kappa shape index (κ3) is 44.5. The maximum Gasteiger partial charge on any atom is 0.306 e. The lowest BCUT2D eigenvalue weighted by atomic mass is 9.99. The summed E-state index contributed by atoms with van der Waals surface area (Å²) in [5.41, 5.74) is 0. The Labute approximate surface area is 374 Å². The Morgan fingerprint density at radius 2 is 0.583 bits per heavy atom. The Bertz CT molecular complexity index is 920. The fraction of sp³-hybridized carbons (Fsp3) is 0.944. The van der Waals surface area contributed by atoms with Crippen LogP contribution in [0.3, 0.4) is 0 Å². The molecular weight excluding hydrogens is 745 g/mol. The van der Waals surface area contributed by atoms with Crippen LogP contribution in [0.5, 0.6) is 0 Å². The molecule has 0 N–H and O–H groups in total. The Hall–Kier alpha value is -1.59. The molecule has 0 aliphatic heterocycles. The second kappa shape index (κ2) is 46.9. The molecule has 0 saturated heterocycles. The molecule has 0 heterocycles. The highest BCUT2D eigenvalue weighted by Gasteiger charge is 2.19. The normalized spacial score (nSPS) is 12.9. The molecule has 0 rings (SSSR count). The SMILES string of the molecule is CCCCCCCCCCCCCCCCCCCCC(=O)OC[C@@H](COC(=O)CCCCCCCCCCCCC(C)CC)OC(=O)CCCCCCCCC(C)CC. The molecule has 6 nitrogen and oxygen atoms in total. The van der Waals surface area contributed by atoms with Crippen molar-refractivity contribution in [3.63, 3.8) is 0 Å². The number of unbranched alkanes of at least 4 members (excludes halogenated alkanes) is 31. The van der Waals surface area contributed by atoms with E-state index in [0.29, 0.717) is 19.3 Å². The third-order valence-corrected chi connectivity index (χ3v) is 12.9. The van der Waals surface area contributed by atoms with Crippen molar-refractivity contribution in [2.24, 2.45) is 11.8 Å². The second-order valence-corrected chi connectivity index (χ2v) is 19.0. The van der Waals surface area contributed by atoms with Crippen LogP contribution in [0.15, 0.2) is 0 Å². The van der Waals surface area contributed by atoms with Gasteiger partial charge in [-0.1, -0.05) is 259 Å².